The van der Waals surface area contributed by atoms with Crippen LogP contribution in [0.25, 0.3) is 0 Å². The summed E-state index contributed by atoms with van der Waals surface area (Å²) in [6, 6.07) is 3.88. The molecular formula is C11H17ClN2. The predicted octanol–water partition coefficient (Wildman–Crippen LogP) is 2.80. The number of unbranched alkanes of at least 4 members (excludes halogenated alkanes) is 3. The van der Waals surface area contributed by atoms with Crippen molar-refractivity contribution in [2.75, 3.05) is 6.54 Å². The van der Waals surface area contributed by atoms with Crippen molar-refractivity contribution in [3.8, 4) is 0 Å². The normalized spacial score (nSPS) is 10.4. The molecule has 2 nitrogen and oxygen atoms in total. The molecule has 0 spiro atoms. The number of aromatic nitrogens is 1. The Labute approximate surface area is 90.5 Å². The highest BCUT2D eigenvalue weighted by Crippen LogP contribution is 2.09. The first-order valence-electron chi connectivity index (χ1n) is 5.13. The van der Waals surface area contributed by atoms with Gasteiger partial charge in [0.15, 0.2) is 0 Å². The highest BCUT2D eigenvalue weighted by atomic mass is 35.5. The molecule has 1 aromatic heterocycles. The minimum Gasteiger partial charge on any atom is -0.330 e. The van der Waals surface area contributed by atoms with Crippen molar-refractivity contribution in [3.05, 3.63) is 29.0 Å². The molecule has 0 bridgehead atoms. The summed E-state index contributed by atoms with van der Waals surface area (Å²) in [6.07, 6.45) is 7.78. The zero-order chi connectivity index (χ0) is 10.2. The van der Waals surface area contributed by atoms with Crippen molar-refractivity contribution >= 4 is 11.6 Å². The second kappa shape index (κ2) is 6.80. The van der Waals surface area contributed by atoms with E-state index in [1.54, 1.807) is 0 Å². The zero-order valence-corrected chi connectivity index (χ0v) is 9.13. The van der Waals surface area contributed by atoms with E-state index >= 15 is 0 Å². The van der Waals surface area contributed by atoms with Crippen LogP contribution in [0.5, 0.6) is 0 Å². The fraction of sp³-hybridized carbons (Fsp3) is 0.545. The molecule has 0 aliphatic heterocycles. The van der Waals surface area contributed by atoms with E-state index in [-0.39, 0.29) is 0 Å². The molecule has 0 aromatic carbocycles. The molecule has 0 fully saturated rings. The van der Waals surface area contributed by atoms with E-state index in [4.69, 9.17) is 17.3 Å². The third kappa shape index (κ3) is 4.58. The number of halogens is 1. The van der Waals surface area contributed by atoms with Crippen LogP contribution < -0.4 is 5.73 Å². The Balaban J connectivity index is 2.15. The van der Waals surface area contributed by atoms with Gasteiger partial charge in [-0.15, -0.1) is 0 Å². The fourth-order valence-electron chi connectivity index (χ4n) is 1.38. The second-order valence-corrected chi connectivity index (χ2v) is 3.83. The van der Waals surface area contributed by atoms with Crippen LogP contribution in [0.4, 0.5) is 0 Å². The van der Waals surface area contributed by atoms with Crippen molar-refractivity contribution in [2.24, 2.45) is 5.73 Å². The van der Waals surface area contributed by atoms with Crippen LogP contribution in [0.1, 0.15) is 31.2 Å². The van der Waals surface area contributed by atoms with Crippen LogP contribution in [-0.4, -0.2) is 11.5 Å². The van der Waals surface area contributed by atoms with Crippen molar-refractivity contribution in [1.29, 1.82) is 0 Å². The summed E-state index contributed by atoms with van der Waals surface area (Å²) in [5.41, 5.74) is 6.68. The standard InChI is InChI=1S/C11H17ClN2/c12-11-7-6-10(9-14-11)5-3-1-2-4-8-13/h6-7,9H,1-5,8,13H2. The van der Waals surface area contributed by atoms with Crippen LogP contribution in [0.3, 0.4) is 0 Å². The summed E-state index contributed by atoms with van der Waals surface area (Å²) >= 11 is 5.69. The van der Waals surface area contributed by atoms with E-state index in [1.807, 2.05) is 18.3 Å². The Morgan fingerprint density at radius 1 is 1.14 bits per heavy atom. The third-order valence-corrected chi connectivity index (χ3v) is 2.43. The van der Waals surface area contributed by atoms with Gasteiger partial charge in [0.05, 0.1) is 0 Å². The summed E-state index contributed by atoms with van der Waals surface area (Å²) < 4.78 is 0. The van der Waals surface area contributed by atoms with Crippen molar-refractivity contribution in [3.63, 3.8) is 0 Å². The van der Waals surface area contributed by atoms with Crippen LogP contribution in [-0.2, 0) is 6.42 Å². The first kappa shape index (κ1) is 11.5. The predicted molar refractivity (Wildman–Crippen MR) is 60.5 cm³/mol. The monoisotopic (exact) mass is 212 g/mol. The molecule has 0 atom stereocenters. The first-order chi connectivity index (χ1) is 6.83. The molecule has 0 amide bonds. The van der Waals surface area contributed by atoms with Crippen molar-refractivity contribution in [2.45, 2.75) is 32.1 Å². The number of aryl methyl sites for hydroxylation is 1. The Morgan fingerprint density at radius 2 is 1.93 bits per heavy atom. The first-order valence-corrected chi connectivity index (χ1v) is 5.51. The van der Waals surface area contributed by atoms with E-state index in [1.165, 1.54) is 24.8 Å². The number of hydrogen-bond donors (Lipinski definition) is 1. The van der Waals surface area contributed by atoms with Gasteiger partial charge in [-0.05, 0) is 37.4 Å². The maximum atomic E-state index is 5.69. The van der Waals surface area contributed by atoms with Gasteiger partial charge in [0.1, 0.15) is 5.15 Å². The quantitative estimate of drug-likeness (QED) is 0.582. The molecule has 0 unspecified atom stereocenters. The third-order valence-electron chi connectivity index (χ3n) is 2.21. The lowest BCUT2D eigenvalue weighted by Gasteiger charge is -2.00. The lowest BCUT2D eigenvalue weighted by molar-refractivity contribution is 0.646. The lowest BCUT2D eigenvalue weighted by atomic mass is 10.1. The molecular weight excluding hydrogens is 196 g/mol. The minimum absolute atomic E-state index is 0.567. The van der Waals surface area contributed by atoms with E-state index in [9.17, 15) is 0 Å². The van der Waals surface area contributed by atoms with Crippen molar-refractivity contribution < 1.29 is 0 Å². The van der Waals surface area contributed by atoms with E-state index < -0.39 is 0 Å². The van der Waals surface area contributed by atoms with Crippen LogP contribution in [0.2, 0.25) is 5.15 Å². The number of hydrogen-bond acceptors (Lipinski definition) is 2. The summed E-state index contributed by atoms with van der Waals surface area (Å²) in [7, 11) is 0. The van der Waals surface area contributed by atoms with E-state index in [2.05, 4.69) is 4.98 Å². The topological polar surface area (TPSA) is 38.9 Å². The molecule has 14 heavy (non-hydrogen) atoms. The number of pyridine rings is 1. The van der Waals surface area contributed by atoms with Gasteiger partial charge >= 0.3 is 0 Å². The van der Waals surface area contributed by atoms with Gasteiger partial charge in [0, 0.05) is 6.20 Å². The maximum Gasteiger partial charge on any atom is 0.129 e. The highest BCUT2D eigenvalue weighted by Gasteiger charge is 1.94. The number of nitrogens with two attached hydrogens (primary N) is 1. The summed E-state index contributed by atoms with van der Waals surface area (Å²) in [4.78, 5) is 4.04. The van der Waals surface area contributed by atoms with Gasteiger partial charge in [0.25, 0.3) is 0 Å². The Kier molecular flexibility index (Phi) is 5.57. The van der Waals surface area contributed by atoms with E-state index in [0.29, 0.717) is 5.15 Å². The van der Waals surface area contributed by atoms with Gasteiger partial charge in [-0.1, -0.05) is 30.5 Å². The molecule has 78 valence electrons. The van der Waals surface area contributed by atoms with Gasteiger partial charge < -0.3 is 5.73 Å². The molecule has 0 aliphatic carbocycles. The van der Waals surface area contributed by atoms with Gasteiger partial charge in [-0.25, -0.2) is 4.98 Å². The largest absolute Gasteiger partial charge is 0.330 e. The summed E-state index contributed by atoms with van der Waals surface area (Å²) in [5.74, 6) is 0. The van der Waals surface area contributed by atoms with E-state index in [0.717, 1.165) is 19.4 Å². The lowest BCUT2D eigenvalue weighted by Crippen LogP contribution is -1.97. The minimum atomic E-state index is 0.567. The molecule has 2 N–H and O–H groups in total. The maximum absolute atomic E-state index is 5.69. The van der Waals surface area contributed by atoms with Crippen LogP contribution in [0, 0.1) is 0 Å². The van der Waals surface area contributed by atoms with Crippen LogP contribution in [0.15, 0.2) is 18.3 Å². The molecule has 0 saturated carbocycles. The molecule has 1 heterocycles. The SMILES string of the molecule is NCCCCCCc1ccc(Cl)nc1. The average molecular weight is 213 g/mol. The molecule has 0 aliphatic rings. The molecule has 1 aromatic rings. The molecule has 1 rings (SSSR count). The van der Waals surface area contributed by atoms with Gasteiger partial charge in [-0.3, -0.25) is 0 Å². The molecule has 0 radical (unpaired) electrons. The summed E-state index contributed by atoms with van der Waals surface area (Å²) in [5, 5.41) is 0.567. The Bertz CT molecular complexity index is 246. The second-order valence-electron chi connectivity index (χ2n) is 3.44. The highest BCUT2D eigenvalue weighted by molar-refractivity contribution is 6.29. The number of rotatable bonds is 6. The van der Waals surface area contributed by atoms with Crippen molar-refractivity contribution in [1.82, 2.24) is 4.98 Å². The Hall–Kier alpha value is -0.600. The molecule has 3 heteroatoms. The fourth-order valence-corrected chi connectivity index (χ4v) is 1.49. The number of nitrogens with zero attached hydrogens (tertiary/aromatic N) is 1. The smallest absolute Gasteiger partial charge is 0.129 e. The van der Waals surface area contributed by atoms with Crippen LogP contribution >= 0.6 is 11.6 Å². The average Bonchev–Trinajstić information content (AvgIpc) is 2.21. The molecule has 0 saturated heterocycles. The van der Waals surface area contributed by atoms with Gasteiger partial charge in [0.2, 0.25) is 0 Å². The van der Waals surface area contributed by atoms with Gasteiger partial charge in [-0.2, -0.15) is 0 Å². The zero-order valence-electron chi connectivity index (χ0n) is 8.38. The Morgan fingerprint density at radius 3 is 2.57 bits per heavy atom. The summed E-state index contributed by atoms with van der Waals surface area (Å²) in [6.45, 7) is 0.808.